The maximum absolute atomic E-state index is 12.6. The lowest BCUT2D eigenvalue weighted by atomic mass is 10.1. The zero-order chi connectivity index (χ0) is 17.5. The summed E-state index contributed by atoms with van der Waals surface area (Å²) in [5.41, 5.74) is 1.87. The number of rotatable bonds is 8. The molecule has 1 unspecified atom stereocenters. The van der Waals surface area contributed by atoms with Crippen LogP contribution < -0.4 is 4.74 Å². The molecule has 1 aromatic carbocycles. The summed E-state index contributed by atoms with van der Waals surface area (Å²) >= 11 is 0. The van der Waals surface area contributed by atoms with Gasteiger partial charge in [0, 0.05) is 44.2 Å². The number of para-hydroxylation sites is 1. The van der Waals surface area contributed by atoms with Crippen LogP contribution in [-0.4, -0.2) is 35.8 Å². The predicted molar refractivity (Wildman–Crippen MR) is 90.4 cm³/mol. The average Bonchev–Trinajstić information content (AvgIpc) is 3.10. The van der Waals surface area contributed by atoms with Gasteiger partial charge in [0.2, 0.25) is 0 Å². The van der Waals surface area contributed by atoms with E-state index in [2.05, 4.69) is 14.6 Å². The third kappa shape index (κ3) is 5.47. The van der Waals surface area contributed by atoms with E-state index in [0.29, 0.717) is 13.1 Å². The van der Waals surface area contributed by atoms with Crippen molar-refractivity contribution >= 4 is 0 Å². The van der Waals surface area contributed by atoms with Crippen LogP contribution in [0.4, 0.5) is 8.78 Å². The van der Waals surface area contributed by atoms with Crippen molar-refractivity contribution in [3.63, 3.8) is 0 Å². The maximum atomic E-state index is 12.6. The average molecular weight is 348 g/mol. The van der Waals surface area contributed by atoms with Gasteiger partial charge in [-0.15, -0.1) is 0 Å². The molecule has 4 nitrogen and oxygen atoms in total. The van der Waals surface area contributed by atoms with Gasteiger partial charge in [0.1, 0.15) is 5.75 Å². The molecule has 0 spiro atoms. The van der Waals surface area contributed by atoms with E-state index < -0.39 is 6.61 Å². The number of aromatic nitrogens is 1. The fourth-order valence-electron chi connectivity index (χ4n) is 3.09. The van der Waals surface area contributed by atoms with Gasteiger partial charge in [0.05, 0.1) is 6.10 Å². The SMILES string of the molecule is FC(F)Oc1ccccc1CN(Cc1ccncc1)CC1CCCO1. The first kappa shape index (κ1) is 17.8. The van der Waals surface area contributed by atoms with Crippen molar-refractivity contribution in [1.29, 1.82) is 0 Å². The minimum atomic E-state index is -2.83. The van der Waals surface area contributed by atoms with Crippen LogP contribution in [0.3, 0.4) is 0 Å². The monoisotopic (exact) mass is 348 g/mol. The molecule has 2 heterocycles. The topological polar surface area (TPSA) is 34.6 Å². The zero-order valence-electron chi connectivity index (χ0n) is 14.0. The number of hydrogen-bond donors (Lipinski definition) is 0. The summed E-state index contributed by atoms with van der Waals surface area (Å²) in [6, 6.07) is 10.9. The van der Waals surface area contributed by atoms with Gasteiger partial charge >= 0.3 is 6.61 Å². The van der Waals surface area contributed by atoms with E-state index in [-0.39, 0.29) is 11.9 Å². The molecular weight excluding hydrogens is 326 g/mol. The predicted octanol–water partition coefficient (Wildman–Crippen LogP) is 3.86. The van der Waals surface area contributed by atoms with E-state index in [4.69, 9.17) is 4.74 Å². The van der Waals surface area contributed by atoms with Gasteiger partial charge in [-0.1, -0.05) is 18.2 Å². The molecule has 0 aliphatic carbocycles. The highest BCUT2D eigenvalue weighted by atomic mass is 19.3. The highest BCUT2D eigenvalue weighted by Crippen LogP contribution is 2.24. The summed E-state index contributed by atoms with van der Waals surface area (Å²) < 4.78 is 35.7. The minimum Gasteiger partial charge on any atom is -0.434 e. The molecule has 1 saturated heterocycles. The third-order valence-corrected chi connectivity index (χ3v) is 4.22. The fraction of sp³-hybridized carbons (Fsp3) is 0.421. The maximum Gasteiger partial charge on any atom is 0.387 e. The number of alkyl halides is 2. The van der Waals surface area contributed by atoms with Crippen LogP contribution in [0.2, 0.25) is 0 Å². The minimum absolute atomic E-state index is 0.185. The second kappa shape index (κ2) is 8.87. The van der Waals surface area contributed by atoms with E-state index in [9.17, 15) is 8.78 Å². The highest BCUT2D eigenvalue weighted by Gasteiger charge is 2.21. The van der Waals surface area contributed by atoms with Crippen molar-refractivity contribution in [2.75, 3.05) is 13.2 Å². The Labute approximate surface area is 146 Å². The van der Waals surface area contributed by atoms with Crippen molar-refractivity contribution in [1.82, 2.24) is 9.88 Å². The Morgan fingerprint density at radius 3 is 2.68 bits per heavy atom. The van der Waals surface area contributed by atoms with Gasteiger partial charge in [0.15, 0.2) is 0 Å². The molecule has 3 rings (SSSR count). The van der Waals surface area contributed by atoms with Gasteiger partial charge in [-0.05, 0) is 36.6 Å². The third-order valence-electron chi connectivity index (χ3n) is 4.22. The lowest BCUT2D eigenvalue weighted by Gasteiger charge is -2.26. The van der Waals surface area contributed by atoms with Gasteiger partial charge in [-0.3, -0.25) is 9.88 Å². The lowest BCUT2D eigenvalue weighted by Crippen LogP contribution is -2.31. The number of nitrogens with zero attached hydrogens (tertiary/aromatic N) is 2. The standard InChI is InChI=1S/C19H22F2N2O2/c20-19(21)25-18-6-2-1-4-16(18)13-23(14-17-5-3-11-24-17)12-15-7-9-22-10-8-15/h1-2,4,6-10,17,19H,3,5,11-14H2. The first-order chi connectivity index (χ1) is 12.2. The lowest BCUT2D eigenvalue weighted by molar-refractivity contribution is -0.0509. The van der Waals surface area contributed by atoms with E-state index >= 15 is 0 Å². The number of benzene rings is 1. The summed E-state index contributed by atoms with van der Waals surface area (Å²) in [6.45, 7) is -0.0614. The molecule has 6 heteroatoms. The Morgan fingerprint density at radius 2 is 1.96 bits per heavy atom. The van der Waals surface area contributed by atoms with Crippen LogP contribution in [0.15, 0.2) is 48.8 Å². The molecule has 1 aliphatic rings. The normalized spacial score (nSPS) is 17.4. The Balaban J connectivity index is 1.74. The molecule has 0 amide bonds. The molecule has 0 radical (unpaired) electrons. The summed E-state index contributed by atoms with van der Waals surface area (Å²) in [4.78, 5) is 6.25. The molecule has 1 fully saturated rings. The van der Waals surface area contributed by atoms with E-state index in [1.54, 1.807) is 24.5 Å². The first-order valence-electron chi connectivity index (χ1n) is 8.46. The first-order valence-corrected chi connectivity index (χ1v) is 8.46. The Morgan fingerprint density at radius 1 is 1.16 bits per heavy atom. The van der Waals surface area contributed by atoms with Gasteiger partial charge in [0.25, 0.3) is 0 Å². The molecular formula is C19H22F2N2O2. The molecule has 1 aromatic heterocycles. The van der Waals surface area contributed by atoms with Crippen LogP contribution in [0.25, 0.3) is 0 Å². The smallest absolute Gasteiger partial charge is 0.387 e. The van der Waals surface area contributed by atoms with Crippen molar-refractivity contribution in [3.05, 3.63) is 59.9 Å². The Kier molecular flexibility index (Phi) is 6.30. The summed E-state index contributed by atoms with van der Waals surface area (Å²) in [5, 5.41) is 0. The summed E-state index contributed by atoms with van der Waals surface area (Å²) in [7, 11) is 0. The van der Waals surface area contributed by atoms with Crippen LogP contribution in [0.1, 0.15) is 24.0 Å². The van der Waals surface area contributed by atoms with Crippen molar-refractivity contribution in [2.24, 2.45) is 0 Å². The molecule has 0 saturated carbocycles. The molecule has 0 bridgehead atoms. The Hall–Kier alpha value is -2.05. The number of ether oxygens (including phenoxy) is 2. The van der Waals surface area contributed by atoms with E-state index in [0.717, 1.165) is 37.1 Å². The van der Waals surface area contributed by atoms with E-state index in [1.807, 2.05) is 24.3 Å². The molecule has 1 aliphatic heterocycles. The molecule has 134 valence electrons. The van der Waals surface area contributed by atoms with Gasteiger partial charge < -0.3 is 9.47 Å². The van der Waals surface area contributed by atoms with Crippen LogP contribution in [-0.2, 0) is 17.8 Å². The highest BCUT2D eigenvalue weighted by molar-refractivity contribution is 5.33. The van der Waals surface area contributed by atoms with Crippen molar-refractivity contribution in [2.45, 2.75) is 38.6 Å². The van der Waals surface area contributed by atoms with Crippen molar-refractivity contribution < 1.29 is 18.3 Å². The largest absolute Gasteiger partial charge is 0.434 e. The quantitative estimate of drug-likeness (QED) is 0.725. The van der Waals surface area contributed by atoms with E-state index in [1.165, 1.54) is 0 Å². The van der Waals surface area contributed by atoms with Gasteiger partial charge in [-0.25, -0.2) is 0 Å². The van der Waals surface area contributed by atoms with Crippen LogP contribution >= 0.6 is 0 Å². The fourth-order valence-corrected chi connectivity index (χ4v) is 3.09. The van der Waals surface area contributed by atoms with Crippen molar-refractivity contribution in [3.8, 4) is 5.75 Å². The number of hydrogen-bond acceptors (Lipinski definition) is 4. The Bertz CT molecular complexity index is 649. The van der Waals surface area contributed by atoms with Gasteiger partial charge in [-0.2, -0.15) is 8.78 Å². The van der Waals surface area contributed by atoms with Crippen LogP contribution in [0, 0.1) is 0 Å². The molecule has 0 N–H and O–H groups in total. The molecule has 1 atom stereocenters. The van der Waals surface area contributed by atoms with Crippen LogP contribution in [0.5, 0.6) is 5.75 Å². The number of halogens is 2. The molecule has 2 aromatic rings. The summed E-state index contributed by atoms with van der Waals surface area (Å²) in [6.07, 6.45) is 5.80. The second-order valence-corrected chi connectivity index (χ2v) is 6.15. The number of pyridine rings is 1. The summed E-state index contributed by atoms with van der Waals surface area (Å²) in [5.74, 6) is 0.226. The second-order valence-electron chi connectivity index (χ2n) is 6.15. The zero-order valence-corrected chi connectivity index (χ0v) is 14.0. The molecule has 25 heavy (non-hydrogen) atoms.